The average Bonchev–Trinajstić information content (AvgIpc) is 3.40. The van der Waals surface area contributed by atoms with Gasteiger partial charge in [-0.15, -0.1) is 5.10 Å². The summed E-state index contributed by atoms with van der Waals surface area (Å²) in [5.41, 5.74) is 2.93. The molecule has 1 aliphatic heterocycles. The first-order valence-corrected chi connectivity index (χ1v) is 11.8. The van der Waals surface area contributed by atoms with Crippen molar-refractivity contribution in [2.24, 2.45) is 0 Å². The summed E-state index contributed by atoms with van der Waals surface area (Å²) in [5, 5.41) is 9.09. The largest absolute Gasteiger partial charge is 0.351 e. The zero-order valence-corrected chi connectivity index (χ0v) is 19.0. The third-order valence-electron chi connectivity index (χ3n) is 5.77. The van der Waals surface area contributed by atoms with E-state index in [9.17, 15) is 4.79 Å². The van der Waals surface area contributed by atoms with Gasteiger partial charge in [-0.3, -0.25) is 9.69 Å². The molecule has 0 aliphatic carbocycles. The van der Waals surface area contributed by atoms with E-state index in [0.29, 0.717) is 11.0 Å². The molecule has 164 valence electrons. The van der Waals surface area contributed by atoms with E-state index in [4.69, 9.17) is 4.98 Å². The van der Waals surface area contributed by atoms with Gasteiger partial charge in [-0.1, -0.05) is 54.2 Å². The Labute approximate surface area is 191 Å². The molecule has 7 nitrogen and oxygen atoms in total. The van der Waals surface area contributed by atoms with Gasteiger partial charge in [0.15, 0.2) is 10.8 Å². The summed E-state index contributed by atoms with van der Waals surface area (Å²) < 4.78 is 1.75. The molecule has 32 heavy (non-hydrogen) atoms. The van der Waals surface area contributed by atoms with Crippen LogP contribution < -0.4 is 5.32 Å². The van der Waals surface area contributed by atoms with Crippen LogP contribution in [0.25, 0.3) is 16.6 Å². The van der Waals surface area contributed by atoms with Crippen LogP contribution in [0.2, 0.25) is 0 Å². The number of nitrogens with zero attached hydrogens (tertiary/aromatic N) is 5. The standard InChI is InChI=1S/C24H26N6OS/c1-16(23(31)26-19-12-13-29(15-19)14-18-8-4-3-5-9-18)32-24-27-21-11-7-6-10-20(21)22-25-17(2)28-30(22)24/h3-11,16,19H,12-15H2,1-2H3,(H,26,31). The number of likely N-dealkylation sites (tertiary alicyclic amines) is 1. The summed E-state index contributed by atoms with van der Waals surface area (Å²) in [4.78, 5) is 24.7. The summed E-state index contributed by atoms with van der Waals surface area (Å²) in [6.45, 7) is 6.57. The van der Waals surface area contributed by atoms with Gasteiger partial charge in [-0.25, -0.2) is 9.97 Å². The van der Waals surface area contributed by atoms with Crippen LogP contribution in [0.15, 0.2) is 59.8 Å². The molecule has 2 aromatic heterocycles. The van der Waals surface area contributed by atoms with Gasteiger partial charge in [0.2, 0.25) is 5.91 Å². The quantitative estimate of drug-likeness (QED) is 0.361. The molecular formula is C24H26N6OS. The normalized spacial score (nSPS) is 17.8. The molecule has 0 spiro atoms. The van der Waals surface area contributed by atoms with Gasteiger partial charge in [0.05, 0.1) is 10.8 Å². The third-order valence-corrected chi connectivity index (χ3v) is 6.82. The number of thioether (sulfide) groups is 1. The summed E-state index contributed by atoms with van der Waals surface area (Å²) >= 11 is 1.42. The molecule has 3 heterocycles. The van der Waals surface area contributed by atoms with Crippen LogP contribution in [0, 0.1) is 6.92 Å². The molecule has 0 saturated carbocycles. The number of fused-ring (bicyclic) bond motifs is 3. The van der Waals surface area contributed by atoms with Crippen molar-refractivity contribution in [3.8, 4) is 0 Å². The van der Waals surface area contributed by atoms with Crippen LogP contribution in [-0.4, -0.2) is 54.8 Å². The molecule has 2 aromatic carbocycles. The van der Waals surface area contributed by atoms with E-state index in [0.717, 1.165) is 42.6 Å². The molecule has 5 rings (SSSR count). The Kier molecular flexibility index (Phi) is 5.80. The highest BCUT2D eigenvalue weighted by atomic mass is 32.2. The van der Waals surface area contributed by atoms with E-state index in [1.165, 1.54) is 17.3 Å². The van der Waals surface area contributed by atoms with Gasteiger partial charge in [0.25, 0.3) is 0 Å². The SMILES string of the molecule is Cc1nc2c3ccccc3nc(SC(C)C(=O)NC3CCN(Cc4ccccc4)C3)n2n1. The zero-order valence-electron chi connectivity index (χ0n) is 18.2. The molecule has 1 saturated heterocycles. The number of rotatable bonds is 6. The third kappa shape index (κ3) is 4.33. The molecule has 0 radical (unpaired) electrons. The van der Waals surface area contributed by atoms with E-state index in [1.54, 1.807) is 4.52 Å². The van der Waals surface area contributed by atoms with Crippen LogP contribution >= 0.6 is 11.8 Å². The predicted molar refractivity (Wildman–Crippen MR) is 127 cm³/mol. The first-order valence-electron chi connectivity index (χ1n) is 10.9. The van der Waals surface area contributed by atoms with Crippen molar-refractivity contribution in [2.75, 3.05) is 13.1 Å². The number of amides is 1. The maximum Gasteiger partial charge on any atom is 0.233 e. The minimum absolute atomic E-state index is 0.0292. The fourth-order valence-electron chi connectivity index (χ4n) is 4.18. The number of carbonyl (C=O) groups excluding carboxylic acids is 1. The van der Waals surface area contributed by atoms with E-state index in [-0.39, 0.29) is 17.2 Å². The molecule has 1 fully saturated rings. The lowest BCUT2D eigenvalue weighted by Crippen LogP contribution is -2.40. The Hall–Kier alpha value is -2.97. The van der Waals surface area contributed by atoms with Crippen molar-refractivity contribution >= 4 is 34.2 Å². The molecule has 2 unspecified atom stereocenters. The van der Waals surface area contributed by atoms with E-state index in [2.05, 4.69) is 44.6 Å². The van der Waals surface area contributed by atoms with Crippen LogP contribution in [0.4, 0.5) is 0 Å². The van der Waals surface area contributed by atoms with Crippen LogP contribution in [0.1, 0.15) is 24.7 Å². The van der Waals surface area contributed by atoms with E-state index >= 15 is 0 Å². The van der Waals surface area contributed by atoms with Crippen LogP contribution in [0.5, 0.6) is 0 Å². The van der Waals surface area contributed by atoms with Crippen molar-refractivity contribution in [3.63, 3.8) is 0 Å². The minimum Gasteiger partial charge on any atom is -0.351 e. The van der Waals surface area contributed by atoms with Crippen molar-refractivity contribution in [1.82, 2.24) is 29.8 Å². The lowest BCUT2D eigenvalue weighted by molar-refractivity contribution is -0.120. The number of aromatic nitrogens is 4. The van der Waals surface area contributed by atoms with Gasteiger partial charge in [0, 0.05) is 31.1 Å². The van der Waals surface area contributed by atoms with Crippen molar-refractivity contribution in [2.45, 2.75) is 43.3 Å². The Balaban J connectivity index is 1.25. The highest BCUT2D eigenvalue weighted by Gasteiger charge is 2.27. The van der Waals surface area contributed by atoms with Crippen molar-refractivity contribution in [3.05, 3.63) is 66.0 Å². The first-order chi connectivity index (χ1) is 15.6. The van der Waals surface area contributed by atoms with E-state index in [1.807, 2.05) is 44.2 Å². The van der Waals surface area contributed by atoms with Crippen molar-refractivity contribution < 1.29 is 4.79 Å². The van der Waals surface area contributed by atoms with Gasteiger partial charge < -0.3 is 5.32 Å². The van der Waals surface area contributed by atoms with Crippen LogP contribution in [-0.2, 0) is 11.3 Å². The predicted octanol–water partition coefficient (Wildman–Crippen LogP) is 3.46. The van der Waals surface area contributed by atoms with Crippen molar-refractivity contribution in [1.29, 1.82) is 0 Å². The highest BCUT2D eigenvalue weighted by molar-refractivity contribution is 8.00. The Morgan fingerprint density at radius 2 is 1.94 bits per heavy atom. The number of benzene rings is 2. The molecule has 0 bridgehead atoms. The molecule has 1 N–H and O–H groups in total. The Morgan fingerprint density at radius 1 is 1.16 bits per heavy atom. The second kappa shape index (κ2) is 8.88. The topological polar surface area (TPSA) is 75.4 Å². The number of hydrogen-bond acceptors (Lipinski definition) is 6. The van der Waals surface area contributed by atoms with Gasteiger partial charge in [0.1, 0.15) is 5.82 Å². The zero-order chi connectivity index (χ0) is 22.1. The number of hydrogen-bond donors (Lipinski definition) is 1. The molecule has 8 heteroatoms. The number of aryl methyl sites for hydroxylation is 1. The average molecular weight is 447 g/mol. The molecular weight excluding hydrogens is 420 g/mol. The second-order valence-corrected chi connectivity index (χ2v) is 9.59. The fourth-order valence-corrected chi connectivity index (χ4v) is 5.05. The number of nitrogens with one attached hydrogen (secondary N) is 1. The highest BCUT2D eigenvalue weighted by Crippen LogP contribution is 2.27. The summed E-state index contributed by atoms with van der Waals surface area (Å²) in [6.07, 6.45) is 0.969. The molecule has 2 atom stereocenters. The maximum atomic E-state index is 12.9. The van der Waals surface area contributed by atoms with E-state index < -0.39 is 0 Å². The Bertz CT molecular complexity index is 1260. The minimum atomic E-state index is -0.292. The summed E-state index contributed by atoms with van der Waals surface area (Å²) in [6, 6.07) is 18.5. The number of carbonyl (C=O) groups is 1. The monoisotopic (exact) mass is 446 g/mol. The maximum absolute atomic E-state index is 12.9. The smallest absolute Gasteiger partial charge is 0.233 e. The molecule has 4 aromatic rings. The first kappa shape index (κ1) is 20.9. The lowest BCUT2D eigenvalue weighted by atomic mass is 10.2. The van der Waals surface area contributed by atoms with Gasteiger partial charge in [-0.2, -0.15) is 4.52 Å². The summed E-state index contributed by atoms with van der Waals surface area (Å²) in [5.74, 6) is 0.716. The molecule has 1 amide bonds. The lowest BCUT2D eigenvalue weighted by Gasteiger charge is -2.18. The van der Waals surface area contributed by atoms with Crippen LogP contribution in [0.3, 0.4) is 0 Å². The van der Waals surface area contributed by atoms with Gasteiger partial charge >= 0.3 is 0 Å². The van der Waals surface area contributed by atoms with Gasteiger partial charge in [-0.05, 0) is 38.0 Å². The Morgan fingerprint density at radius 3 is 2.78 bits per heavy atom. The summed E-state index contributed by atoms with van der Waals surface area (Å²) in [7, 11) is 0. The second-order valence-electron chi connectivity index (χ2n) is 8.28. The number of para-hydroxylation sites is 1. The fraction of sp³-hybridized carbons (Fsp3) is 0.333. The molecule has 1 aliphatic rings.